The molecule has 1 unspecified atom stereocenters. The van der Waals surface area contributed by atoms with E-state index >= 15 is 0 Å². The summed E-state index contributed by atoms with van der Waals surface area (Å²) in [4.78, 5) is 0. The summed E-state index contributed by atoms with van der Waals surface area (Å²) in [6.45, 7) is 5.49. The predicted octanol–water partition coefficient (Wildman–Crippen LogP) is 3.84. The molecule has 2 N–H and O–H groups in total. The molecule has 3 heteroatoms. The Bertz CT molecular complexity index is 625. The summed E-state index contributed by atoms with van der Waals surface area (Å²) in [6.07, 6.45) is 5.18. The maximum Gasteiger partial charge on any atom is 0.123 e. The zero-order chi connectivity index (χ0) is 15.0. The van der Waals surface area contributed by atoms with Crippen LogP contribution in [0.5, 0.6) is 0 Å². The molecular weight excluding hydrogens is 263 g/mol. The highest BCUT2D eigenvalue weighted by atomic mass is 19.1. The van der Waals surface area contributed by atoms with E-state index in [9.17, 15) is 4.39 Å². The molecule has 0 saturated heterocycles. The van der Waals surface area contributed by atoms with Crippen molar-refractivity contribution in [2.45, 2.75) is 45.7 Å². The van der Waals surface area contributed by atoms with E-state index in [2.05, 4.69) is 30.7 Å². The first-order valence-corrected chi connectivity index (χ1v) is 7.62. The van der Waals surface area contributed by atoms with Gasteiger partial charge in [0, 0.05) is 24.5 Å². The molecule has 0 spiro atoms. The third kappa shape index (κ3) is 3.03. The third-order valence-electron chi connectivity index (χ3n) is 4.49. The van der Waals surface area contributed by atoms with Crippen molar-refractivity contribution in [2.24, 2.45) is 11.1 Å². The summed E-state index contributed by atoms with van der Waals surface area (Å²) in [5.74, 6) is -0.176. The Hall–Kier alpha value is -1.61. The average molecular weight is 286 g/mol. The molecular formula is C18H23FN2. The van der Waals surface area contributed by atoms with Gasteiger partial charge in [0.05, 0.1) is 0 Å². The van der Waals surface area contributed by atoms with Crippen molar-refractivity contribution >= 4 is 0 Å². The lowest BCUT2D eigenvalue weighted by molar-refractivity contribution is 0.275. The maximum atomic E-state index is 12.9. The van der Waals surface area contributed by atoms with Gasteiger partial charge in [0.15, 0.2) is 0 Å². The number of halogens is 1. The second kappa shape index (κ2) is 5.30. The van der Waals surface area contributed by atoms with Gasteiger partial charge in [-0.25, -0.2) is 4.39 Å². The molecule has 2 aromatic rings. The minimum Gasteiger partial charge on any atom is -0.351 e. The largest absolute Gasteiger partial charge is 0.351 e. The number of nitrogens with two attached hydrogens (primary N) is 1. The topological polar surface area (TPSA) is 30.9 Å². The average Bonchev–Trinajstić information content (AvgIpc) is 2.80. The van der Waals surface area contributed by atoms with Crippen LogP contribution in [-0.2, 0) is 19.4 Å². The SMILES string of the molecule is CC1(C)Cc2c(ccn2CCc2ccc(F)cc2)C(N)C1. The predicted molar refractivity (Wildman–Crippen MR) is 83.6 cm³/mol. The summed E-state index contributed by atoms with van der Waals surface area (Å²) in [6, 6.07) is 9.09. The third-order valence-corrected chi connectivity index (χ3v) is 4.49. The fourth-order valence-electron chi connectivity index (χ4n) is 3.40. The van der Waals surface area contributed by atoms with Gasteiger partial charge in [-0.05, 0) is 54.0 Å². The molecule has 21 heavy (non-hydrogen) atoms. The molecule has 0 aliphatic heterocycles. The molecule has 0 bridgehead atoms. The summed E-state index contributed by atoms with van der Waals surface area (Å²) in [5, 5.41) is 0. The standard InChI is InChI=1S/C18H23FN2/c1-18(2)11-16(20)15-8-10-21(17(15)12-18)9-7-13-3-5-14(19)6-4-13/h3-6,8,10,16H,7,9,11-12,20H2,1-2H3. The number of aryl methyl sites for hydroxylation is 2. The van der Waals surface area contributed by atoms with Crippen LogP contribution in [0.15, 0.2) is 36.5 Å². The van der Waals surface area contributed by atoms with Gasteiger partial charge >= 0.3 is 0 Å². The Morgan fingerprint density at radius 1 is 1.24 bits per heavy atom. The van der Waals surface area contributed by atoms with Crippen LogP contribution in [0.2, 0.25) is 0 Å². The number of aromatic nitrogens is 1. The number of fused-ring (bicyclic) bond motifs is 1. The van der Waals surface area contributed by atoms with Crippen molar-refractivity contribution < 1.29 is 4.39 Å². The van der Waals surface area contributed by atoms with E-state index < -0.39 is 0 Å². The number of hydrogen-bond acceptors (Lipinski definition) is 1. The molecule has 0 fully saturated rings. The second-order valence-corrected chi connectivity index (χ2v) is 6.94. The smallest absolute Gasteiger partial charge is 0.123 e. The Labute approximate surface area is 125 Å². The minimum atomic E-state index is -0.176. The highest BCUT2D eigenvalue weighted by Gasteiger charge is 2.32. The van der Waals surface area contributed by atoms with E-state index in [1.54, 1.807) is 0 Å². The maximum absolute atomic E-state index is 12.9. The monoisotopic (exact) mass is 286 g/mol. The summed E-state index contributed by atoms with van der Waals surface area (Å²) in [7, 11) is 0. The molecule has 0 radical (unpaired) electrons. The van der Waals surface area contributed by atoms with Gasteiger partial charge in [-0.1, -0.05) is 26.0 Å². The lowest BCUT2D eigenvalue weighted by Crippen LogP contribution is -2.30. The molecule has 3 rings (SSSR count). The van der Waals surface area contributed by atoms with Crippen molar-refractivity contribution in [2.75, 3.05) is 0 Å². The van der Waals surface area contributed by atoms with Gasteiger partial charge in [-0.2, -0.15) is 0 Å². The van der Waals surface area contributed by atoms with Gasteiger partial charge in [-0.3, -0.25) is 0 Å². The Balaban J connectivity index is 1.77. The van der Waals surface area contributed by atoms with Crippen LogP contribution in [0, 0.1) is 11.2 Å². The first-order chi connectivity index (χ1) is 9.94. The summed E-state index contributed by atoms with van der Waals surface area (Å²) >= 11 is 0. The van der Waals surface area contributed by atoms with E-state index in [0.717, 1.165) is 25.8 Å². The Morgan fingerprint density at radius 2 is 1.95 bits per heavy atom. The van der Waals surface area contributed by atoms with Crippen LogP contribution in [-0.4, -0.2) is 4.57 Å². The molecule has 112 valence electrons. The van der Waals surface area contributed by atoms with Crippen molar-refractivity contribution in [3.8, 4) is 0 Å². The van der Waals surface area contributed by atoms with Gasteiger partial charge in [0.25, 0.3) is 0 Å². The van der Waals surface area contributed by atoms with Crippen molar-refractivity contribution in [1.82, 2.24) is 4.57 Å². The molecule has 1 aliphatic rings. The zero-order valence-electron chi connectivity index (χ0n) is 12.8. The lowest BCUT2D eigenvalue weighted by atomic mass is 9.74. The zero-order valence-corrected chi connectivity index (χ0v) is 12.8. The van der Waals surface area contributed by atoms with E-state index in [-0.39, 0.29) is 17.3 Å². The van der Waals surface area contributed by atoms with Crippen LogP contribution < -0.4 is 5.73 Å². The van der Waals surface area contributed by atoms with Crippen LogP contribution in [0.4, 0.5) is 4.39 Å². The minimum absolute atomic E-state index is 0.149. The van der Waals surface area contributed by atoms with Crippen LogP contribution in [0.25, 0.3) is 0 Å². The van der Waals surface area contributed by atoms with Crippen molar-refractivity contribution in [1.29, 1.82) is 0 Å². The van der Waals surface area contributed by atoms with Gasteiger partial charge < -0.3 is 10.3 Å². The fourth-order valence-corrected chi connectivity index (χ4v) is 3.40. The number of rotatable bonds is 3. The van der Waals surface area contributed by atoms with Crippen LogP contribution in [0.3, 0.4) is 0 Å². The van der Waals surface area contributed by atoms with E-state index in [4.69, 9.17) is 5.73 Å². The Kier molecular flexibility index (Phi) is 3.62. The quantitative estimate of drug-likeness (QED) is 0.913. The Morgan fingerprint density at radius 3 is 2.67 bits per heavy atom. The number of benzene rings is 1. The molecule has 1 heterocycles. The van der Waals surface area contributed by atoms with E-state index in [1.165, 1.54) is 29.0 Å². The second-order valence-electron chi connectivity index (χ2n) is 6.94. The van der Waals surface area contributed by atoms with Crippen LogP contribution >= 0.6 is 0 Å². The highest BCUT2D eigenvalue weighted by Crippen LogP contribution is 2.39. The fraction of sp³-hybridized carbons (Fsp3) is 0.444. The lowest BCUT2D eigenvalue weighted by Gasteiger charge is -2.34. The highest BCUT2D eigenvalue weighted by molar-refractivity contribution is 5.30. The number of hydrogen-bond donors (Lipinski definition) is 1. The molecule has 0 saturated carbocycles. The van der Waals surface area contributed by atoms with Crippen molar-refractivity contribution in [3.63, 3.8) is 0 Å². The molecule has 2 nitrogen and oxygen atoms in total. The van der Waals surface area contributed by atoms with Gasteiger partial charge in [-0.15, -0.1) is 0 Å². The van der Waals surface area contributed by atoms with Crippen LogP contribution in [0.1, 0.15) is 43.1 Å². The van der Waals surface area contributed by atoms with E-state index in [0.29, 0.717) is 0 Å². The molecule has 0 amide bonds. The first-order valence-electron chi connectivity index (χ1n) is 7.62. The summed E-state index contributed by atoms with van der Waals surface area (Å²) < 4.78 is 15.3. The normalized spacial score (nSPS) is 20.3. The molecule has 1 aromatic heterocycles. The molecule has 1 aromatic carbocycles. The first kappa shape index (κ1) is 14.3. The van der Waals surface area contributed by atoms with Crippen molar-refractivity contribution in [3.05, 3.63) is 59.2 Å². The molecule has 1 aliphatic carbocycles. The van der Waals surface area contributed by atoms with Gasteiger partial charge in [0.2, 0.25) is 0 Å². The van der Waals surface area contributed by atoms with E-state index in [1.807, 2.05) is 12.1 Å². The summed E-state index contributed by atoms with van der Waals surface area (Å²) in [5.41, 5.74) is 10.4. The number of nitrogens with zero attached hydrogens (tertiary/aromatic N) is 1. The van der Waals surface area contributed by atoms with Gasteiger partial charge in [0.1, 0.15) is 5.82 Å². The molecule has 1 atom stereocenters.